The van der Waals surface area contributed by atoms with Crippen LogP contribution in [-0.4, -0.2) is 22.4 Å². The van der Waals surface area contributed by atoms with Gasteiger partial charge >= 0.3 is 0 Å². The highest BCUT2D eigenvalue weighted by Gasteiger charge is 2.47. The quantitative estimate of drug-likeness (QED) is 0.843. The second-order valence-corrected chi connectivity index (χ2v) is 5.88. The largest absolute Gasteiger partial charge is 0.314 e. The van der Waals surface area contributed by atoms with Crippen LogP contribution in [0.15, 0.2) is 12.4 Å². The summed E-state index contributed by atoms with van der Waals surface area (Å²) in [5.41, 5.74) is 1.37. The molecule has 3 rings (SSSR count). The minimum absolute atomic E-state index is 0.664. The van der Waals surface area contributed by atoms with Crippen molar-refractivity contribution in [2.75, 3.05) is 6.54 Å². The number of aromatic nitrogens is 2. The SMILES string of the molecule is CCNC(Cc1cnn(C)c1)C1CC2CC2C1. The third-order valence-corrected chi connectivity index (χ3v) is 4.53. The summed E-state index contributed by atoms with van der Waals surface area (Å²) < 4.78 is 1.91. The third kappa shape index (κ3) is 2.39. The Morgan fingerprint density at radius 1 is 1.41 bits per heavy atom. The van der Waals surface area contributed by atoms with E-state index in [4.69, 9.17) is 0 Å². The van der Waals surface area contributed by atoms with Crippen molar-refractivity contribution in [1.82, 2.24) is 15.1 Å². The fraction of sp³-hybridized carbons (Fsp3) is 0.786. The van der Waals surface area contributed by atoms with Crippen LogP contribution in [0.25, 0.3) is 0 Å². The van der Waals surface area contributed by atoms with Gasteiger partial charge in [0.1, 0.15) is 0 Å². The molecule has 3 atom stereocenters. The maximum atomic E-state index is 4.27. The van der Waals surface area contributed by atoms with E-state index in [0.717, 1.165) is 30.7 Å². The number of likely N-dealkylation sites (N-methyl/N-ethyl adjacent to an activating group) is 1. The van der Waals surface area contributed by atoms with Crippen molar-refractivity contribution in [2.24, 2.45) is 24.8 Å². The van der Waals surface area contributed by atoms with E-state index >= 15 is 0 Å². The smallest absolute Gasteiger partial charge is 0.0522 e. The molecule has 3 nitrogen and oxygen atoms in total. The van der Waals surface area contributed by atoms with Crippen LogP contribution in [-0.2, 0) is 13.5 Å². The van der Waals surface area contributed by atoms with Gasteiger partial charge in [-0.15, -0.1) is 0 Å². The molecule has 2 saturated carbocycles. The molecule has 0 radical (unpaired) electrons. The van der Waals surface area contributed by atoms with Gasteiger partial charge < -0.3 is 5.32 Å². The Bertz CT molecular complexity index is 375. The fourth-order valence-corrected chi connectivity index (χ4v) is 3.59. The number of hydrogen-bond acceptors (Lipinski definition) is 2. The Morgan fingerprint density at radius 2 is 2.18 bits per heavy atom. The predicted molar refractivity (Wildman–Crippen MR) is 68.7 cm³/mol. The zero-order valence-electron chi connectivity index (χ0n) is 10.9. The van der Waals surface area contributed by atoms with Gasteiger partial charge in [0, 0.05) is 19.3 Å². The van der Waals surface area contributed by atoms with Crippen LogP contribution in [0.4, 0.5) is 0 Å². The van der Waals surface area contributed by atoms with Crippen molar-refractivity contribution in [3.63, 3.8) is 0 Å². The van der Waals surface area contributed by atoms with Crippen molar-refractivity contribution in [1.29, 1.82) is 0 Å². The first-order valence-corrected chi connectivity index (χ1v) is 6.97. The lowest BCUT2D eigenvalue weighted by atomic mass is 9.90. The van der Waals surface area contributed by atoms with Crippen LogP contribution >= 0.6 is 0 Å². The van der Waals surface area contributed by atoms with Gasteiger partial charge in [-0.05, 0) is 55.5 Å². The molecule has 0 aromatic carbocycles. The molecule has 0 spiro atoms. The molecule has 0 saturated heterocycles. The van der Waals surface area contributed by atoms with Crippen LogP contribution in [0.5, 0.6) is 0 Å². The Kier molecular flexibility index (Phi) is 2.95. The zero-order valence-corrected chi connectivity index (χ0v) is 10.9. The monoisotopic (exact) mass is 233 g/mol. The molecule has 1 heterocycles. The summed E-state index contributed by atoms with van der Waals surface area (Å²) in [6.07, 6.45) is 9.75. The lowest BCUT2D eigenvalue weighted by Gasteiger charge is -2.25. The van der Waals surface area contributed by atoms with E-state index in [-0.39, 0.29) is 0 Å². The standard InChI is InChI=1S/C14H23N3/c1-3-15-14(4-10-8-16-17(2)9-10)13-6-11-5-12(11)7-13/h8-9,11-15H,3-7H2,1-2H3. The van der Waals surface area contributed by atoms with E-state index in [0.29, 0.717) is 6.04 Å². The molecule has 3 heteroatoms. The Hall–Kier alpha value is -0.830. The highest BCUT2D eigenvalue weighted by molar-refractivity contribution is 5.09. The van der Waals surface area contributed by atoms with Crippen LogP contribution in [0.2, 0.25) is 0 Å². The predicted octanol–water partition coefficient (Wildman–Crippen LogP) is 1.99. The number of fused-ring (bicyclic) bond motifs is 1. The van der Waals surface area contributed by atoms with Crippen LogP contribution < -0.4 is 5.32 Å². The van der Waals surface area contributed by atoms with E-state index in [9.17, 15) is 0 Å². The molecule has 0 aliphatic heterocycles. The van der Waals surface area contributed by atoms with Crippen LogP contribution in [0.1, 0.15) is 31.7 Å². The van der Waals surface area contributed by atoms with Crippen molar-refractivity contribution in [3.8, 4) is 0 Å². The van der Waals surface area contributed by atoms with Crippen molar-refractivity contribution in [2.45, 2.75) is 38.6 Å². The van der Waals surface area contributed by atoms with E-state index < -0.39 is 0 Å². The Labute approximate surface area is 104 Å². The van der Waals surface area contributed by atoms with Gasteiger partial charge in [-0.25, -0.2) is 0 Å². The molecular formula is C14H23N3. The lowest BCUT2D eigenvalue weighted by molar-refractivity contribution is 0.337. The minimum atomic E-state index is 0.664. The third-order valence-electron chi connectivity index (χ3n) is 4.53. The second-order valence-electron chi connectivity index (χ2n) is 5.88. The van der Waals surface area contributed by atoms with E-state index in [1.165, 1.54) is 24.8 Å². The number of rotatable bonds is 5. The fourth-order valence-electron chi connectivity index (χ4n) is 3.59. The minimum Gasteiger partial charge on any atom is -0.314 e. The van der Waals surface area contributed by atoms with E-state index in [1.54, 1.807) is 0 Å². The van der Waals surface area contributed by atoms with Gasteiger partial charge in [-0.1, -0.05) is 6.92 Å². The lowest BCUT2D eigenvalue weighted by Crippen LogP contribution is -2.37. The summed E-state index contributed by atoms with van der Waals surface area (Å²) in [6.45, 7) is 3.29. The van der Waals surface area contributed by atoms with Gasteiger partial charge in [0.05, 0.1) is 6.20 Å². The van der Waals surface area contributed by atoms with Crippen LogP contribution in [0, 0.1) is 17.8 Å². The zero-order chi connectivity index (χ0) is 11.8. The first-order chi connectivity index (χ1) is 8.26. The summed E-state index contributed by atoms with van der Waals surface area (Å²) in [7, 11) is 2.00. The van der Waals surface area contributed by atoms with E-state index in [2.05, 4.69) is 23.5 Å². The molecule has 2 aliphatic carbocycles. The topological polar surface area (TPSA) is 29.9 Å². The molecular weight excluding hydrogens is 210 g/mol. The number of nitrogens with zero attached hydrogens (tertiary/aromatic N) is 2. The van der Waals surface area contributed by atoms with Gasteiger partial charge in [-0.2, -0.15) is 5.10 Å². The molecule has 2 fully saturated rings. The maximum Gasteiger partial charge on any atom is 0.0522 e. The van der Waals surface area contributed by atoms with Gasteiger partial charge in [0.15, 0.2) is 0 Å². The Morgan fingerprint density at radius 3 is 2.76 bits per heavy atom. The summed E-state index contributed by atoms with van der Waals surface area (Å²) in [6, 6.07) is 0.664. The number of hydrogen-bond donors (Lipinski definition) is 1. The highest BCUT2D eigenvalue weighted by atomic mass is 15.2. The average Bonchev–Trinajstić information content (AvgIpc) is 2.73. The maximum absolute atomic E-state index is 4.27. The van der Waals surface area contributed by atoms with Crippen LogP contribution in [0.3, 0.4) is 0 Å². The summed E-state index contributed by atoms with van der Waals surface area (Å²) in [4.78, 5) is 0. The molecule has 1 aromatic rings. The number of aryl methyl sites for hydroxylation is 1. The molecule has 0 amide bonds. The van der Waals surface area contributed by atoms with E-state index in [1.807, 2.05) is 17.9 Å². The second kappa shape index (κ2) is 4.45. The molecule has 1 aromatic heterocycles. The van der Waals surface area contributed by atoms with Gasteiger partial charge in [0.2, 0.25) is 0 Å². The highest BCUT2D eigenvalue weighted by Crippen LogP contribution is 2.55. The summed E-state index contributed by atoms with van der Waals surface area (Å²) in [5.74, 6) is 3.06. The summed E-state index contributed by atoms with van der Waals surface area (Å²) >= 11 is 0. The molecule has 2 aliphatic rings. The molecule has 1 N–H and O–H groups in total. The van der Waals surface area contributed by atoms with Crippen molar-refractivity contribution in [3.05, 3.63) is 18.0 Å². The van der Waals surface area contributed by atoms with Gasteiger partial charge in [-0.3, -0.25) is 4.68 Å². The first-order valence-electron chi connectivity index (χ1n) is 6.97. The first kappa shape index (κ1) is 11.3. The molecule has 94 valence electrons. The average molecular weight is 233 g/mol. The molecule has 0 bridgehead atoms. The molecule has 17 heavy (non-hydrogen) atoms. The summed E-state index contributed by atoms with van der Waals surface area (Å²) in [5, 5.41) is 7.96. The van der Waals surface area contributed by atoms with Gasteiger partial charge in [0.25, 0.3) is 0 Å². The van der Waals surface area contributed by atoms with Crippen molar-refractivity contribution >= 4 is 0 Å². The molecule has 3 unspecified atom stereocenters. The Balaban J connectivity index is 1.63. The normalized spacial score (nSPS) is 32.5. The van der Waals surface area contributed by atoms with Crippen molar-refractivity contribution < 1.29 is 0 Å². The number of nitrogens with one attached hydrogen (secondary N) is 1.